The van der Waals surface area contributed by atoms with Gasteiger partial charge in [0.25, 0.3) is 5.56 Å². The van der Waals surface area contributed by atoms with Crippen LogP contribution in [0.1, 0.15) is 18.1 Å². The van der Waals surface area contributed by atoms with Crippen LogP contribution in [0, 0.1) is 0 Å². The van der Waals surface area contributed by atoms with E-state index in [-0.39, 0.29) is 5.56 Å². The van der Waals surface area contributed by atoms with Crippen molar-refractivity contribution in [3.63, 3.8) is 0 Å². The van der Waals surface area contributed by atoms with Crippen molar-refractivity contribution in [2.45, 2.75) is 20.1 Å². The van der Waals surface area contributed by atoms with E-state index in [1.165, 1.54) is 6.20 Å². The third kappa shape index (κ3) is 4.02. The van der Waals surface area contributed by atoms with Crippen LogP contribution in [0.4, 0.5) is 5.69 Å². The van der Waals surface area contributed by atoms with Gasteiger partial charge in [0.05, 0.1) is 18.7 Å². The number of methoxy groups -OCH3 is 1. The van der Waals surface area contributed by atoms with Crippen LogP contribution in [-0.4, -0.2) is 18.7 Å². The number of hydrogen-bond acceptors (Lipinski definition) is 4. The molecule has 2 aromatic rings. The van der Waals surface area contributed by atoms with Crippen molar-refractivity contribution in [1.29, 1.82) is 0 Å². The van der Waals surface area contributed by atoms with Gasteiger partial charge >= 0.3 is 0 Å². The second kappa shape index (κ2) is 7.87. The fraction of sp³-hybridized carbons (Fsp3) is 0.312. The summed E-state index contributed by atoms with van der Waals surface area (Å²) in [6.07, 6.45) is 1.52. The predicted octanol–water partition coefficient (Wildman–Crippen LogP) is 3.19. The summed E-state index contributed by atoms with van der Waals surface area (Å²) in [6, 6.07) is 7.46. The summed E-state index contributed by atoms with van der Waals surface area (Å²) in [5.74, 6) is 0.785. The Kier molecular flexibility index (Phi) is 5.86. The van der Waals surface area contributed by atoms with Gasteiger partial charge in [-0.3, -0.25) is 4.79 Å². The number of pyridine rings is 1. The summed E-state index contributed by atoms with van der Waals surface area (Å²) in [5.41, 5.74) is 2.11. The Bertz CT molecular complexity index is 685. The van der Waals surface area contributed by atoms with Crippen molar-refractivity contribution in [3.8, 4) is 5.75 Å². The lowest BCUT2D eigenvalue weighted by Crippen LogP contribution is -2.14. The molecule has 0 aliphatic heterocycles. The molecule has 0 unspecified atom stereocenters. The molecule has 1 heterocycles. The molecule has 1 aromatic heterocycles. The maximum absolute atomic E-state index is 11.7. The van der Waals surface area contributed by atoms with Crippen molar-refractivity contribution >= 4 is 17.3 Å². The van der Waals surface area contributed by atoms with E-state index in [4.69, 9.17) is 21.1 Å². The second-order valence-electron chi connectivity index (χ2n) is 4.67. The highest BCUT2D eigenvalue weighted by atomic mass is 35.5. The molecule has 0 spiro atoms. The van der Waals surface area contributed by atoms with Crippen molar-refractivity contribution < 1.29 is 9.47 Å². The summed E-state index contributed by atoms with van der Waals surface area (Å²) in [5, 5.41) is 3.46. The first-order chi connectivity index (χ1) is 10.7. The molecule has 118 valence electrons. The zero-order chi connectivity index (χ0) is 15.9. The van der Waals surface area contributed by atoms with E-state index in [0.717, 1.165) is 16.9 Å². The highest BCUT2D eigenvalue weighted by molar-refractivity contribution is 6.33. The number of rotatable bonds is 7. The Morgan fingerprint density at radius 2 is 2.14 bits per heavy atom. The number of ether oxygens (including phenoxy) is 2. The van der Waals surface area contributed by atoms with Crippen molar-refractivity contribution in [1.82, 2.24) is 4.98 Å². The average molecular weight is 323 g/mol. The molecule has 2 rings (SSSR count). The van der Waals surface area contributed by atoms with E-state index in [2.05, 4.69) is 10.3 Å². The molecule has 0 aliphatic carbocycles. The van der Waals surface area contributed by atoms with Gasteiger partial charge in [0.2, 0.25) is 0 Å². The van der Waals surface area contributed by atoms with Gasteiger partial charge in [0, 0.05) is 24.9 Å². The van der Waals surface area contributed by atoms with Crippen LogP contribution in [0.5, 0.6) is 5.75 Å². The summed E-state index contributed by atoms with van der Waals surface area (Å²) in [6.45, 7) is 3.55. The quantitative estimate of drug-likeness (QED) is 0.821. The minimum Gasteiger partial charge on any atom is -0.496 e. The molecular formula is C16H19ClN2O3. The number of halogens is 1. The summed E-state index contributed by atoms with van der Waals surface area (Å²) < 4.78 is 10.8. The van der Waals surface area contributed by atoms with Crippen LogP contribution in [0.2, 0.25) is 5.02 Å². The third-order valence-electron chi connectivity index (χ3n) is 3.19. The largest absolute Gasteiger partial charge is 0.496 e. The summed E-state index contributed by atoms with van der Waals surface area (Å²) >= 11 is 6.02. The molecule has 0 radical (unpaired) electrons. The van der Waals surface area contributed by atoms with Gasteiger partial charge in [0.15, 0.2) is 0 Å². The second-order valence-corrected chi connectivity index (χ2v) is 5.07. The molecule has 0 aliphatic rings. The topological polar surface area (TPSA) is 63.3 Å². The van der Waals surface area contributed by atoms with Crippen LogP contribution in [0.15, 0.2) is 35.3 Å². The van der Waals surface area contributed by atoms with Gasteiger partial charge in [-0.2, -0.15) is 0 Å². The molecule has 2 N–H and O–H groups in total. The average Bonchev–Trinajstić information content (AvgIpc) is 2.52. The van der Waals surface area contributed by atoms with Crippen molar-refractivity contribution in [3.05, 3.63) is 57.0 Å². The monoisotopic (exact) mass is 322 g/mol. The fourth-order valence-corrected chi connectivity index (χ4v) is 2.29. The van der Waals surface area contributed by atoms with Crippen molar-refractivity contribution in [2.75, 3.05) is 19.0 Å². The third-order valence-corrected chi connectivity index (χ3v) is 3.50. The van der Waals surface area contributed by atoms with Crippen LogP contribution in [0.3, 0.4) is 0 Å². The molecule has 0 amide bonds. The lowest BCUT2D eigenvalue weighted by Gasteiger charge is -2.12. The van der Waals surface area contributed by atoms with Crippen LogP contribution in [-0.2, 0) is 17.9 Å². The molecule has 0 saturated heterocycles. The first-order valence-electron chi connectivity index (χ1n) is 7.00. The first kappa shape index (κ1) is 16.4. The Morgan fingerprint density at radius 1 is 1.32 bits per heavy atom. The highest BCUT2D eigenvalue weighted by Crippen LogP contribution is 2.22. The zero-order valence-electron chi connectivity index (χ0n) is 12.6. The molecule has 0 atom stereocenters. The van der Waals surface area contributed by atoms with Crippen LogP contribution in [0.25, 0.3) is 0 Å². The maximum atomic E-state index is 11.7. The molecule has 0 fully saturated rings. The maximum Gasteiger partial charge on any atom is 0.272 e. The molecule has 22 heavy (non-hydrogen) atoms. The molecule has 0 bridgehead atoms. The Balaban J connectivity index is 2.14. The number of aromatic nitrogens is 1. The van der Waals surface area contributed by atoms with E-state index in [0.29, 0.717) is 30.5 Å². The standard InChI is InChI=1S/C16H19ClN2O3/c1-3-22-10-12-8-11(4-5-14(12)21-2)9-19-15-13(17)6-7-18-16(15)20/h4-8,19H,3,9-10H2,1-2H3,(H,18,20). The van der Waals surface area contributed by atoms with E-state index in [1.807, 2.05) is 25.1 Å². The lowest BCUT2D eigenvalue weighted by molar-refractivity contribution is 0.132. The lowest BCUT2D eigenvalue weighted by atomic mass is 10.1. The molecule has 6 heteroatoms. The highest BCUT2D eigenvalue weighted by Gasteiger charge is 2.07. The van der Waals surface area contributed by atoms with Gasteiger partial charge in [-0.25, -0.2) is 0 Å². The van der Waals surface area contributed by atoms with Gasteiger partial charge in [-0.05, 0) is 30.7 Å². The Hall–Kier alpha value is -1.98. The summed E-state index contributed by atoms with van der Waals surface area (Å²) in [4.78, 5) is 14.3. The molecule has 0 saturated carbocycles. The Morgan fingerprint density at radius 3 is 2.82 bits per heavy atom. The van der Waals surface area contributed by atoms with E-state index < -0.39 is 0 Å². The Labute approximate surface area is 134 Å². The van der Waals surface area contributed by atoms with Gasteiger partial charge in [-0.15, -0.1) is 0 Å². The minimum absolute atomic E-state index is 0.240. The van der Waals surface area contributed by atoms with Gasteiger partial charge < -0.3 is 19.8 Å². The summed E-state index contributed by atoms with van der Waals surface area (Å²) in [7, 11) is 1.63. The zero-order valence-corrected chi connectivity index (χ0v) is 13.4. The number of benzene rings is 1. The number of H-pyrrole nitrogens is 1. The molecule has 1 aromatic carbocycles. The van der Waals surface area contributed by atoms with E-state index in [1.54, 1.807) is 13.2 Å². The number of aromatic amines is 1. The predicted molar refractivity (Wildman–Crippen MR) is 87.7 cm³/mol. The number of anilines is 1. The van der Waals surface area contributed by atoms with E-state index >= 15 is 0 Å². The number of nitrogens with one attached hydrogen (secondary N) is 2. The van der Waals surface area contributed by atoms with E-state index in [9.17, 15) is 4.79 Å². The SMILES string of the molecule is CCOCc1cc(CNc2c(Cl)cc[nH]c2=O)ccc1OC. The molecule has 5 nitrogen and oxygen atoms in total. The van der Waals surface area contributed by atoms with Crippen molar-refractivity contribution in [2.24, 2.45) is 0 Å². The first-order valence-corrected chi connectivity index (χ1v) is 7.38. The smallest absolute Gasteiger partial charge is 0.272 e. The normalized spacial score (nSPS) is 10.5. The number of hydrogen-bond donors (Lipinski definition) is 2. The van der Waals surface area contributed by atoms with Crippen LogP contribution >= 0.6 is 11.6 Å². The van der Waals surface area contributed by atoms with Crippen LogP contribution < -0.4 is 15.6 Å². The van der Waals surface area contributed by atoms with Gasteiger partial charge in [-0.1, -0.05) is 17.7 Å². The fourth-order valence-electron chi connectivity index (χ4n) is 2.08. The minimum atomic E-state index is -0.240. The van der Waals surface area contributed by atoms with Gasteiger partial charge in [0.1, 0.15) is 11.4 Å². The molecular weight excluding hydrogens is 304 g/mol.